The van der Waals surface area contributed by atoms with E-state index in [2.05, 4.69) is 22.0 Å². The molecule has 8 heteroatoms. The van der Waals surface area contributed by atoms with E-state index < -0.39 is 5.92 Å². The Labute approximate surface area is 208 Å². The fourth-order valence-corrected chi connectivity index (χ4v) is 5.30. The molecule has 2 saturated heterocycles. The van der Waals surface area contributed by atoms with E-state index in [-0.39, 0.29) is 12.3 Å². The number of allylic oxidation sites excluding steroid dienone is 1. The van der Waals surface area contributed by atoms with Gasteiger partial charge in [-0.25, -0.2) is 23.3 Å². The highest BCUT2D eigenvalue weighted by atomic mass is 32.2. The zero-order chi connectivity index (χ0) is 25.1. The van der Waals surface area contributed by atoms with Crippen LogP contribution in [-0.4, -0.2) is 43.6 Å². The zero-order valence-corrected chi connectivity index (χ0v) is 22.5. The van der Waals surface area contributed by atoms with Gasteiger partial charge in [0.15, 0.2) is 0 Å². The van der Waals surface area contributed by atoms with Crippen LogP contribution in [0.3, 0.4) is 0 Å². The molecule has 0 spiro atoms. The van der Waals surface area contributed by atoms with Crippen molar-refractivity contribution in [2.45, 2.75) is 97.8 Å². The number of imidazole rings is 1. The Morgan fingerprint density at radius 2 is 1.94 bits per heavy atom. The molecule has 192 valence electrons. The van der Waals surface area contributed by atoms with Crippen molar-refractivity contribution >= 4 is 17.5 Å². The van der Waals surface area contributed by atoms with Crippen LogP contribution in [0.25, 0.3) is 5.78 Å². The number of nitrogens with zero attached hydrogens (tertiary/aromatic N) is 4. The van der Waals surface area contributed by atoms with Gasteiger partial charge in [0.1, 0.15) is 0 Å². The summed E-state index contributed by atoms with van der Waals surface area (Å²) in [5, 5.41) is 7.82. The molecule has 4 heterocycles. The molecule has 1 unspecified atom stereocenters. The molecule has 5 nitrogen and oxygen atoms in total. The molecule has 4 rings (SSSR count). The third-order valence-electron chi connectivity index (χ3n) is 6.09. The monoisotopic (exact) mass is 495 g/mol. The van der Waals surface area contributed by atoms with Gasteiger partial charge in [-0.3, -0.25) is 0 Å². The molecule has 1 N–H and O–H groups in total. The summed E-state index contributed by atoms with van der Waals surface area (Å²) in [7, 11) is 0. The number of aromatic nitrogens is 4. The zero-order valence-electron chi connectivity index (χ0n) is 21.7. The Morgan fingerprint density at radius 1 is 1.24 bits per heavy atom. The van der Waals surface area contributed by atoms with Gasteiger partial charge in [0, 0.05) is 24.6 Å². The molecule has 0 radical (unpaired) electrons. The van der Waals surface area contributed by atoms with Gasteiger partial charge >= 0.3 is 0 Å². The quantitative estimate of drug-likeness (QED) is 0.470. The second-order valence-electron chi connectivity index (χ2n) is 9.35. The fourth-order valence-electron chi connectivity index (χ4n) is 4.19. The maximum Gasteiger partial charge on any atom is 0.251 e. The van der Waals surface area contributed by atoms with Crippen molar-refractivity contribution in [3.63, 3.8) is 0 Å². The molecule has 2 aliphatic rings. The van der Waals surface area contributed by atoms with Crippen LogP contribution in [0, 0.1) is 12.8 Å². The number of piperidine rings is 1. The van der Waals surface area contributed by atoms with E-state index in [0.29, 0.717) is 24.5 Å². The van der Waals surface area contributed by atoms with Crippen LogP contribution in [-0.2, 0) is 6.42 Å². The highest BCUT2D eigenvalue weighted by molar-refractivity contribution is 7.99. The summed E-state index contributed by atoms with van der Waals surface area (Å²) in [6.07, 6.45) is 9.08. The van der Waals surface area contributed by atoms with Gasteiger partial charge in [-0.1, -0.05) is 27.4 Å². The van der Waals surface area contributed by atoms with Crippen LogP contribution < -0.4 is 5.32 Å². The Hall–Kier alpha value is -1.70. The van der Waals surface area contributed by atoms with Crippen molar-refractivity contribution in [1.29, 1.82) is 0 Å². The summed E-state index contributed by atoms with van der Waals surface area (Å²) in [6, 6.07) is 0. The van der Waals surface area contributed by atoms with Crippen LogP contribution in [0.2, 0.25) is 0 Å². The Kier molecular flexibility index (Phi) is 11.8. The van der Waals surface area contributed by atoms with E-state index >= 15 is 0 Å². The average molecular weight is 496 g/mol. The summed E-state index contributed by atoms with van der Waals surface area (Å²) >= 11 is 2.00. The first-order valence-electron chi connectivity index (χ1n) is 12.8. The summed E-state index contributed by atoms with van der Waals surface area (Å²) in [6.45, 7) is 13.9. The van der Waals surface area contributed by atoms with E-state index in [1.807, 2.05) is 45.7 Å². The van der Waals surface area contributed by atoms with Crippen molar-refractivity contribution < 1.29 is 8.78 Å². The SMILES string of the molecule is C=C1CCCCN1.CC.Cc1nn2cc(CC(C)CCC(C)(F)F)nc2nc1C1CCSCC1. The number of halogens is 2. The molecular formula is C26H43F2N5S. The van der Waals surface area contributed by atoms with Gasteiger partial charge < -0.3 is 5.32 Å². The van der Waals surface area contributed by atoms with Gasteiger partial charge in [-0.2, -0.15) is 16.9 Å². The Bertz CT molecular complexity index is 879. The van der Waals surface area contributed by atoms with Crippen LogP contribution in [0.1, 0.15) is 95.6 Å². The van der Waals surface area contributed by atoms with Gasteiger partial charge in [-0.15, -0.1) is 0 Å². The molecule has 0 bridgehead atoms. The summed E-state index contributed by atoms with van der Waals surface area (Å²) in [5.74, 6) is 1.02. The Balaban J connectivity index is 0.000000384. The lowest BCUT2D eigenvalue weighted by molar-refractivity contribution is 0.00721. The lowest BCUT2D eigenvalue weighted by atomic mass is 9.97. The number of hydrogen-bond acceptors (Lipinski definition) is 5. The van der Waals surface area contributed by atoms with Crippen molar-refractivity contribution in [2.24, 2.45) is 5.92 Å². The van der Waals surface area contributed by atoms with Crippen LogP contribution in [0.5, 0.6) is 0 Å². The first-order chi connectivity index (χ1) is 16.2. The predicted molar refractivity (Wildman–Crippen MR) is 140 cm³/mol. The molecular weight excluding hydrogens is 452 g/mol. The van der Waals surface area contributed by atoms with E-state index in [0.717, 1.165) is 43.4 Å². The number of aryl methyl sites for hydroxylation is 1. The molecule has 0 amide bonds. The smallest absolute Gasteiger partial charge is 0.251 e. The van der Waals surface area contributed by atoms with Crippen LogP contribution >= 0.6 is 11.8 Å². The minimum atomic E-state index is -2.60. The minimum Gasteiger partial charge on any atom is -0.389 e. The largest absolute Gasteiger partial charge is 0.389 e. The fraction of sp³-hybridized carbons (Fsp3) is 0.731. The molecule has 0 saturated carbocycles. The third-order valence-corrected chi connectivity index (χ3v) is 7.14. The highest BCUT2D eigenvalue weighted by Crippen LogP contribution is 2.31. The second kappa shape index (κ2) is 14.0. The van der Waals surface area contributed by atoms with Gasteiger partial charge in [-0.05, 0) is 76.2 Å². The number of alkyl halides is 2. The Morgan fingerprint density at radius 3 is 2.50 bits per heavy atom. The number of thioether (sulfide) groups is 1. The third kappa shape index (κ3) is 9.51. The van der Waals surface area contributed by atoms with Crippen molar-refractivity contribution in [2.75, 3.05) is 18.1 Å². The first kappa shape index (κ1) is 28.5. The number of nitrogens with one attached hydrogen (secondary N) is 1. The molecule has 2 fully saturated rings. The molecule has 2 aromatic heterocycles. The molecule has 1 atom stereocenters. The first-order valence-corrected chi connectivity index (χ1v) is 14.0. The lowest BCUT2D eigenvalue weighted by Gasteiger charge is -2.21. The van der Waals surface area contributed by atoms with Crippen molar-refractivity contribution in [3.05, 3.63) is 35.6 Å². The molecule has 0 aromatic carbocycles. The van der Waals surface area contributed by atoms with E-state index in [1.54, 1.807) is 4.52 Å². The number of fused-ring (bicyclic) bond motifs is 1. The summed E-state index contributed by atoms with van der Waals surface area (Å²) < 4.78 is 27.8. The standard InChI is InChI=1S/C18H26F2N4S.C6H11N.C2H6/c1-12(4-7-18(3,19)20)10-15-11-24-17(21-15)22-16(13(2)23-24)14-5-8-25-9-6-14;1-6-4-2-3-5-7-6;1-2/h11-12,14H,4-10H2,1-3H3;7H,1-5H2;1-2H3. The van der Waals surface area contributed by atoms with Crippen molar-refractivity contribution in [3.8, 4) is 0 Å². The molecule has 0 aliphatic carbocycles. The van der Waals surface area contributed by atoms with E-state index in [4.69, 9.17) is 4.98 Å². The van der Waals surface area contributed by atoms with Gasteiger partial charge in [0.05, 0.1) is 23.3 Å². The maximum atomic E-state index is 13.0. The van der Waals surface area contributed by atoms with Gasteiger partial charge in [0.2, 0.25) is 5.92 Å². The number of rotatable bonds is 6. The average Bonchev–Trinajstić information content (AvgIpc) is 3.20. The maximum absolute atomic E-state index is 13.0. The van der Waals surface area contributed by atoms with Crippen molar-refractivity contribution in [1.82, 2.24) is 24.9 Å². The molecule has 2 aromatic rings. The van der Waals surface area contributed by atoms with Crippen LogP contribution in [0.4, 0.5) is 8.78 Å². The van der Waals surface area contributed by atoms with Gasteiger partial charge in [0.25, 0.3) is 5.78 Å². The highest BCUT2D eigenvalue weighted by Gasteiger charge is 2.23. The minimum absolute atomic E-state index is 0.0824. The topological polar surface area (TPSA) is 55.1 Å². The second-order valence-corrected chi connectivity index (χ2v) is 10.6. The van der Waals surface area contributed by atoms with Crippen LogP contribution in [0.15, 0.2) is 18.5 Å². The van der Waals surface area contributed by atoms with E-state index in [9.17, 15) is 8.78 Å². The normalized spacial score (nSPS) is 17.8. The molecule has 2 aliphatic heterocycles. The number of hydrogen-bond donors (Lipinski definition) is 1. The lowest BCUT2D eigenvalue weighted by Crippen LogP contribution is -2.18. The summed E-state index contributed by atoms with van der Waals surface area (Å²) in [5.41, 5.74) is 4.13. The predicted octanol–water partition coefficient (Wildman–Crippen LogP) is 6.96. The molecule has 34 heavy (non-hydrogen) atoms. The summed E-state index contributed by atoms with van der Waals surface area (Å²) in [4.78, 5) is 9.36. The van der Waals surface area contributed by atoms with E-state index in [1.165, 1.54) is 36.5 Å².